The number of halogens is 2. The molecular formula is C18H11Cl2NO3S. The third kappa shape index (κ3) is 3.90. The van der Waals surface area contributed by atoms with Crippen molar-refractivity contribution in [1.82, 2.24) is 0 Å². The van der Waals surface area contributed by atoms with Gasteiger partial charge in [-0.15, -0.1) is 0 Å². The molecule has 2 aromatic carbocycles. The van der Waals surface area contributed by atoms with E-state index < -0.39 is 15.8 Å². The molecule has 0 saturated carbocycles. The van der Waals surface area contributed by atoms with E-state index in [1.54, 1.807) is 12.1 Å². The molecule has 4 nitrogen and oxygen atoms in total. The van der Waals surface area contributed by atoms with Gasteiger partial charge in [0, 0.05) is 0 Å². The zero-order valence-corrected chi connectivity index (χ0v) is 15.0. The van der Waals surface area contributed by atoms with Crippen LogP contribution in [0.2, 0.25) is 0 Å². The highest BCUT2D eigenvalue weighted by molar-refractivity contribution is 7.90. The first kappa shape index (κ1) is 17.6. The first-order chi connectivity index (χ1) is 11.9. The maximum absolute atomic E-state index is 12.4. The lowest BCUT2D eigenvalue weighted by molar-refractivity contribution is -0.111. The number of rotatable bonds is 3. The SMILES string of the molecule is O=C1C(Cl)=CC(=NS(=O)(=O)c2ccc(-c3ccccc3)cc2)C=C1Cl. The van der Waals surface area contributed by atoms with Gasteiger partial charge in [-0.05, 0) is 35.4 Å². The van der Waals surface area contributed by atoms with E-state index in [-0.39, 0.29) is 20.7 Å². The normalized spacial score (nSPS) is 14.8. The molecule has 2 aromatic rings. The summed E-state index contributed by atoms with van der Waals surface area (Å²) in [5.41, 5.74) is 1.87. The number of hydrogen-bond donors (Lipinski definition) is 0. The zero-order valence-electron chi connectivity index (χ0n) is 12.7. The van der Waals surface area contributed by atoms with Gasteiger partial charge >= 0.3 is 0 Å². The molecule has 25 heavy (non-hydrogen) atoms. The number of sulfonamides is 1. The Labute approximate surface area is 155 Å². The van der Waals surface area contributed by atoms with Crippen LogP contribution < -0.4 is 0 Å². The predicted octanol–water partition coefficient (Wildman–Crippen LogP) is 4.31. The lowest BCUT2D eigenvalue weighted by atomic mass is 10.1. The molecule has 0 bridgehead atoms. The lowest BCUT2D eigenvalue weighted by Crippen LogP contribution is -2.10. The Kier molecular flexibility index (Phi) is 4.90. The van der Waals surface area contributed by atoms with Crippen molar-refractivity contribution >= 4 is 44.7 Å². The van der Waals surface area contributed by atoms with Crippen LogP contribution in [0.4, 0.5) is 0 Å². The van der Waals surface area contributed by atoms with Gasteiger partial charge in [0.05, 0.1) is 20.7 Å². The third-order valence-electron chi connectivity index (χ3n) is 3.47. The van der Waals surface area contributed by atoms with Gasteiger partial charge in [0.25, 0.3) is 10.0 Å². The minimum Gasteiger partial charge on any atom is -0.287 e. The summed E-state index contributed by atoms with van der Waals surface area (Å²) >= 11 is 11.5. The Morgan fingerprint density at radius 3 is 1.84 bits per heavy atom. The van der Waals surface area contributed by atoms with Gasteiger partial charge in [-0.2, -0.15) is 12.8 Å². The van der Waals surface area contributed by atoms with E-state index in [4.69, 9.17) is 23.2 Å². The maximum Gasteiger partial charge on any atom is 0.282 e. The molecule has 0 spiro atoms. The predicted molar refractivity (Wildman–Crippen MR) is 99.4 cm³/mol. The van der Waals surface area contributed by atoms with E-state index in [0.717, 1.165) is 11.1 Å². The van der Waals surface area contributed by atoms with Gasteiger partial charge < -0.3 is 0 Å². The van der Waals surface area contributed by atoms with E-state index in [1.165, 1.54) is 24.3 Å². The van der Waals surface area contributed by atoms with E-state index >= 15 is 0 Å². The Hall–Kier alpha value is -2.21. The van der Waals surface area contributed by atoms with Gasteiger partial charge in [0.15, 0.2) is 0 Å². The fourth-order valence-electron chi connectivity index (χ4n) is 2.24. The third-order valence-corrected chi connectivity index (χ3v) is 5.35. The van der Waals surface area contributed by atoms with Crippen molar-refractivity contribution in [1.29, 1.82) is 0 Å². The number of nitrogens with zero attached hydrogens (tertiary/aromatic N) is 1. The smallest absolute Gasteiger partial charge is 0.282 e. The second-order valence-corrected chi connectivity index (χ2v) is 7.61. The number of Topliss-reactive ketones (excluding diaryl/α,β-unsaturated/α-hetero) is 1. The van der Waals surface area contributed by atoms with Gasteiger partial charge in [0.1, 0.15) is 0 Å². The largest absolute Gasteiger partial charge is 0.287 e. The summed E-state index contributed by atoms with van der Waals surface area (Å²) in [5, 5.41) is -0.359. The van der Waals surface area contributed by atoms with Crippen LogP contribution in [-0.2, 0) is 14.8 Å². The number of carbonyl (C=O) groups excluding carboxylic acids is 1. The van der Waals surface area contributed by atoms with Crippen LogP contribution in [0.1, 0.15) is 0 Å². The average molecular weight is 392 g/mol. The fraction of sp³-hybridized carbons (Fsp3) is 0. The van der Waals surface area contributed by atoms with E-state index in [1.807, 2.05) is 30.3 Å². The van der Waals surface area contributed by atoms with Gasteiger partial charge in [-0.3, -0.25) is 4.79 Å². The van der Waals surface area contributed by atoms with Gasteiger partial charge in [-0.25, -0.2) is 0 Å². The van der Waals surface area contributed by atoms with Crippen molar-refractivity contribution in [3.05, 3.63) is 76.8 Å². The number of benzene rings is 2. The molecule has 0 amide bonds. The van der Waals surface area contributed by atoms with E-state index in [2.05, 4.69) is 4.40 Å². The zero-order chi connectivity index (χ0) is 18.0. The Morgan fingerprint density at radius 2 is 1.28 bits per heavy atom. The monoisotopic (exact) mass is 391 g/mol. The lowest BCUT2D eigenvalue weighted by Gasteiger charge is -2.07. The minimum atomic E-state index is -3.95. The van der Waals surface area contributed by atoms with Gasteiger partial charge in [0.2, 0.25) is 5.78 Å². The summed E-state index contributed by atoms with van der Waals surface area (Å²) in [6, 6.07) is 16.0. The van der Waals surface area contributed by atoms with Crippen molar-refractivity contribution in [3.8, 4) is 11.1 Å². The van der Waals surface area contributed by atoms with Crippen molar-refractivity contribution in [2.45, 2.75) is 4.90 Å². The highest BCUT2D eigenvalue weighted by atomic mass is 35.5. The first-order valence-corrected chi connectivity index (χ1v) is 9.36. The maximum atomic E-state index is 12.4. The number of allylic oxidation sites excluding steroid dienone is 4. The van der Waals surface area contributed by atoms with Gasteiger partial charge in [-0.1, -0.05) is 65.7 Å². The van der Waals surface area contributed by atoms with Crippen molar-refractivity contribution in [3.63, 3.8) is 0 Å². The molecule has 0 saturated heterocycles. The highest BCUT2D eigenvalue weighted by Gasteiger charge is 2.20. The molecule has 0 N–H and O–H groups in total. The standard InChI is InChI=1S/C18H11Cl2NO3S/c19-16-10-14(11-17(20)18(16)22)21-25(23,24)15-8-6-13(7-9-15)12-4-2-1-3-5-12/h1-11H. The molecule has 0 fully saturated rings. The fourth-order valence-corrected chi connectivity index (χ4v) is 3.68. The van der Waals surface area contributed by atoms with Crippen LogP contribution in [-0.4, -0.2) is 19.9 Å². The molecule has 0 atom stereocenters. The summed E-state index contributed by atoms with van der Waals surface area (Å²) in [5.74, 6) is -0.563. The quantitative estimate of drug-likeness (QED) is 0.732. The van der Waals surface area contributed by atoms with E-state index in [9.17, 15) is 13.2 Å². The number of ketones is 1. The molecule has 1 aliphatic rings. The Balaban J connectivity index is 1.93. The number of carbonyl (C=O) groups is 1. The van der Waals surface area contributed by atoms with Crippen LogP contribution in [0, 0.1) is 0 Å². The van der Waals surface area contributed by atoms with Crippen LogP contribution in [0.3, 0.4) is 0 Å². The summed E-state index contributed by atoms with van der Waals surface area (Å²) in [6.07, 6.45) is 2.34. The Bertz CT molecular complexity index is 998. The molecular weight excluding hydrogens is 381 g/mol. The van der Waals surface area contributed by atoms with Crippen molar-refractivity contribution in [2.24, 2.45) is 4.40 Å². The van der Waals surface area contributed by atoms with Crippen LogP contribution in [0.25, 0.3) is 11.1 Å². The first-order valence-electron chi connectivity index (χ1n) is 7.16. The van der Waals surface area contributed by atoms with Crippen molar-refractivity contribution < 1.29 is 13.2 Å². The van der Waals surface area contributed by atoms with Crippen LogP contribution >= 0.6 is 23.2 Å². The molecule has 0 aromatic heterocycles. The molecule has 0 aliphatic heterocycles. The Morgan fingerprint density at radius 1 is 0.760 bits per heavy atom. The second kappa shape index (κ2) is 6.96. The average Bonchev–Trinajstić information content (AvgIpc) is 2.60. The molecule has 0 unspecified atom stereocenters. The molecule has 3 rings (SSSR count). The van der Waals surface area contributed by atoms with Crippen LogP contribution in [0.5, 0.6) is 0 Å². The molecule has 0 heterocycles. The summed E-state index contributed by atoms with van der Waals surface area (Å²) < 4.78 is 28.5. The topological polar surface area (TPSA) is 63.6 Å². The molecule has 126 valence electrons. The summed E-state index contributed by atoms with van der Waals surface area (Å²) in [6.45, 7) is 0. The molecule has 0 radical (unpaired) electrons. The highest BCUT2D eigenvalue weighted by Crippen LogP contribution is 2.24. The summed E-state index contributed by atoms with van der Waals surface area (Å²) in [4.78, 5) is 11.5. The minimum absolute atomic E-state index is 0.00161. The summed E-state index contributed by atoms with van der Waals surface area (Å²) in [7, 11) is -3.95. The molecule has 7 heteroatoms. The molecule has 1 aliphatic carbocycles. The second-order valence-electron chi connectivity index (χ2n) is 5.20. The number of hydrogen-bond acceptors (Lipinski definition) is 3. The van der Waals surface area contributed by atoms with E-state index in [0.29, 0.717) is 0 Å². The van der Waals surface area contributed by atoms with Crippen molar-refractivity contribution in [2.75, 3.05) is 0 Å². The van der Waals surface area contributed by atoms with Crippen LogP contribution in [0.15, 0.2) is 86.1 Å².